The summed E-state index contributed by atoms with van der Waals surface area (Å²) in [7, 11) is 0. The van der Waals surface area contributed by atoms with Gasteiger partial charge in [0.05, 0.1) is 45.8 Å². The number of carbonyl (C=O) groups is 23. The second kappa shape index (κ2) is 66.1. The van der Waals surface area contributed by atoms with Gasteiger partial charge in [-0.1, -0.05) is 85.7 Å². The van der Waals surface area contributed by atoms with Gasteiger partial charge < -0.3 is 165 Å². The van der Waals surface area contributed by atoms with E-state index in [2.05, 4.69) is 130 Å². The normalized spacial score (nSPS) is 15.1. The largest absolute Gasteiger partial charge is 0.481 e. The second-order valence-electron chi connectivity index (χ2n) is 36.0. The number of thiol groups is 1. The summed E-state index contributed by atoms with van der Waals surface area (Å²) in [5, 5.41) is 116. The first kappa shape index (κ1) is 127. The van der Waals surface area contributed by atoms with Crippen molar-refractivity contribution >= 4 is 166 Å². The number of aliphatic carboxylic acids is 2. The molecule has 0 aromatic heterocycles. The summed E-state index contributed by atoms with van der Waals surface area (Å²) in [5.74, 6) is -26.9. The maximum absolute atomic E-state index is 14.5. The van der Waals surface area contributed by atoms with Gasteiger partial charge in [-0.3, -0.25) is 122 Å². The maximum Gasteiger partial charge on any atom is 0.326 e. The fraction of sp³-hybridized carbons (Fsp3) is 0.636. The SMILES string of the molecule is CC(=O)N[C@@H](CS)C(=O)NCC(=O)N[C@@H](CO)C(=O)NCC(=O)N[C@H](C(=O)N[C@@H](CCCNC(=N)N)C(=O)NCC(=O)N[C@@H](CC(=O)O)C(=O)N[C@@H](Cc1ccccc1)C(=O)NCC(=O)N[C@@H](CO)C(=O)N[C@@H](CC(C)C)C(=O)N[C@@H](C)C(=O)N1CCC[C@H]1C(=O)N[C@@H](CCCNC(=N)N)C(=O)N[C@H](C(=O)N[C@@H](C)C(=O)N[C@@H](CCCNC(=N)N)C(=O)N[C@@H](CCC(N)=O)C(=O)N[C@@H](CC(C)C)C(=O)O)C(C)C)C(C)C. The molecule has 1 aromatic rings. The molecule has 1 aliphatic rings. The van der Waals surface area contributed by atoms with Crippen LogP contribution >= 0.6 is 12.6 Å². The van der Waals surface area contributed by atoms with Crippen LogP contribution in [0.25, 0.3) is 0 Å². The molecular formula is C88H146N30O27S. The molecule has 0 saturated carbocycles. The molecule has 16 atom stereocenters. The predicted molar refractivity (Wildman–Crippen MR) is 525 cm³/mol. The van der Waals surface area contributed by atoms with Crippen LogP contribution in [0.15, 0.2) is 30.3 Å². The quantitative estimate of drug-likeness (QED) is 0.0125. The summed E-state index contributed by atoms with van der Waals surface area (Å²) in [4.78, 5) is 310. The van der Waals surface area contributed by atoms with Crippen molar-refractivity contribution in [3.63, 3.8) is 0 Å². The van der Waals surface area contributed by atoms with Crippen LogP contribution < -0.4 is 140 Å². The van der Waals surface area contributed by atoms with Gasteiger partial charge in [0, 0.05) is 51.7 Å². The fourth-order valence-electron chi connectivity index (χ4n) is 14.3. The topological polar surface area (TPSA) is 917 Å². The minimum Gasteiger partial charge on any atom is -0.481 e. The van der Waals surface area contributed by atoms with Gasteiger partial charge in [-0.25, -0.2) is 4.79 Å². The highest BCUT2D eigenvalue weighted by atomic mass is 32.1. The average molecular weight is 2090 g/mol. The van der Waals surface area contributed by atoms with Crippen LogP contribution in [0.5, 0.6) is 0 Å². The first-order chi connectivity index (χ1) is 68.5. The van der Waals surface area contributed by atoms with E-state index in [1.54, 1.807) is 71.9 Å². The lowest BCUT2D eigenvalue weighted by atomic mass is 10.0. The molecule has 37 N–H and O–H groups in total. The van der Waals surface area contributed by atoms with E-state index in [-0.39, 0.29) is 121 Å². The van der Waals surface area contributed by atoms with E-state index >= 15 is 0 Å². The van der Waals surface area contributed by atoms with Crippen molar-refractivity contribution in [1.29, 1.82) is 16.2 Å². The summed E-state index contributed by atoms with van der Waals surface area (Å²) >= 11 is 3.98. The molecular weight excluding hydrogens is 1940 g/mol. The minimum absolute atomic E-state index is 0.00184. The second-order valence-corrected chi connectivity index (χ2v) is 36.3. The summed E-state index contributed by atoms with van der Waals surface area (Å²) in [6, 6.07) is -16.4. The Morgan fingerprint density at radius 3 is 1.21 bits per heavy atom. The molecule has 57 nitrogen and oxygen atoms in total. The number of primary amides is 1. The van der Waals surface area contributed by atoms with Crippen molar-refractivity contribution in [2.24, 2.45) is 46.6 Å². The van der Waals surface area contributed by atoms with E-state index in [1.165, 1.54) is 27.7 Å². The molecule has 1 aliphatic heterocycles. The fourth-order valence-corrected chi connectivity index (χ4v) is 14.5. The zero-order valence-electron chi connectivity index (χ0n) is 83.5. The smallest absolute Gasteiger partial charge is 0.326 e. The van der Waals surface area contributed by atoms with Gasteiger partial charge in [0.2, 0.25) is 124 Å². The number of hydrogen-bond acceptors (Lipinski definition) is 29. The standard InChI is InChI=1S/C88H146N30O27S/c1-42(2)31-54(78(137)104-47(10)84(143)118-30-18-24-61(118)81(140)111-52(23-17-29-98-88(94)95)77(136)117-69(45(7)8)82(141)103-46(9)70(129)109-51(22-16-28-97-87(92)93)75(134)110-53(25-26-62(89)122)76(135)115-57(85(144)145)32-43(3)4)113-80(139)59(40-120)108-65(125)36-100-72(131)55(33-49-19-13-12-14-20-49)114-79(138)56(34-67(127)128)106-63(123)35-99-71(130)50(21-15-27-96-86(90)91)112-83(142)68(44(5)6)116-66(126)38-101-73(132)58(39-119)107-64(124)37-102-74(133)60(41-146)105-48(11)121/h12-14,19-20,42-47,50-61,68-69,119-120,146H,15-18,21-41H2,1-11H3,(H2,89,122)(H,99,130)(H,100,131)(H,101,132)(H,102,133)(H,103,141)(H,104,137)(H,105,121)(H,106,123)(H,107,124)(H,108,125)(H,109,129)(H,110,134)(H,111,140)(H,112,142)(H,113,139)(H,114,138)(H,115,135)(H,116,126)(H,117,136)(H,127,128)(H,144,145)(H4,90,91,96)(H4,92,93,97)(H4,94,95,98)/t46-,47-,50-,51-,52-,53-,54-,55-,56-,57-,58-,59-,60-,61-,68-,69-/m0/s1. The number of amides is 21. The number of aliphatic hydroxyl groups excluding tert-OH is 2. The molecule has 816 valence electrons. The third kappa shape index (κ3) is 49.4. The van der Waals surface area contributed by atoms with Gasteiger partial charge in [0.25, 0.3) is 0 Å². The predicted octanol–water partition coefficient (Wildman–Crippen LogP) is -12.1. The number of nitrogens with zero attached hydrogens (tertiary/aromatic N) is 1. The van der Waals surface area contributed by atoms with Crippen LogP contribution in [0.4, 0.5) is 0 Å². The van der Waals surface area contributed by atoms with Crippen molar-refractivity contribution in [1.82, 2.24) is 122 Å². The number of carboxylic acid groups (broad SMARTS) is 2. The Morgan fingerprint density at radius 2 is 0.753 bits per heavy atom. The number of carbonyl (C=O) groups excluding carboxylic acids is 21. The molecule has 2 rings (SSSR count). The highest BCUT2D eigenvalue weighted by molar-refractivity contribution is 7.80. The molecule has 0 unspecified atom stereocenters. The molecule has 1 saturated heterocycles. The summed E-state index contributed by atoms with van der Waals surface area (Å²) < 4.78 is 0. The monoisotopic (exact) mass is 2090 g/mol. The molecule has 1 heterocycles. The van der Waals surface area contributed by atoms with Crippen LogP contribution in [-0.2, 0) is 117 Å². The average Bonchev–Trinajstić information content (AvgIpc) is 1.67. The minimum atomic E-state index is -1.99. The van der Waals surface area contributed by atoms with Crippen molar-refractivity contribution in [2.45, 2.75) is 263 Å². The molecule has 0 radical (unpaired) electrons. The van der Waals surface area contributed by atoms with Crippen molar-refractivity contribution in [3.05, 3.63) is 35.9 Å². The van der Waals surface area contributed by atoms with E-state index in [4.69, 9.17) is 39.2 Å². The highest BCUT2D eigenvalue weighted by Crippen LogP contribution is 2.21. The van der Waals surface area contributed by atoms with E-state index in [9.17, 15) is 131 Å². The van der Waals surface area contributed by atoms with Gasteiger partial charge in [-0.2, -0.15) is 12.6 Å². The first-order valence-corrected chi connectivity index (χ1v) is 47.9. The molecule has 0 bridgehead atoms. The van der Waals surface area contributed by atoms with E-state index in [1.807, 2.05) is 0 Å². The van der Waals surface area contributed by atoms with Crippen LogP contribution in [0, 0.1) is 39.9 Å². The van der Waals surface area contributed by atoms with Gasteiger partial charge in [0.15, 0.2) is 17.9 Å². The molecule has 21 amide bonds. The van der Waals surface area contributed by atoms with Gasteiger partial charge in [0.1, 0.15) is 96.7 Å². The van der Waals surface area contributed by atoms with E-state index in [0.29, 0.717) is 5.56 Å². The molecule has 0 aliphatic carbocycles. The van der Waals surface area contributed by atoms with E-state index in [0.717, 1.165) is 11.8 Å². The van der Waals surface area contributed by atoms with Crippen LogP contribution in [-0.4, -0.2) is 347 Å². The molecule has 0 spiro atoms. The van der Waals surface area contributed by atoms with Crippen molar-refractivity contribution in [2.75, 3.05) is 71.3 Å². The first-order valence-electron chi connectivity index (χ1n) is 47.3. The number of benzene rings is 1. The van der Waals surface area contributed by atoms with Crippen molar-refractivity contribution in [3.8, 4) is 0 Å². The summed E-state index contributed by atoms with van der Waals surface area (Å²) in [5.41, 5.74) is 22.1. The van der Waals surface area contributed by atoms with Gasteiger partial charge in [-0.05, 0) is 114 Å². The number of hydrogen-bond donors (Lipinski definition) is 34. The lowest BCUT2D eigenvalue weighted by Crippen LogP contribution is -2.60. The molecule has 1 aromatic carbocycles. The number of guanidine groups is 3. The zero-order valence-corrected chi connectivity index (χ0v) is 84.4. The van der Waals surface area contributed by atoms with Gasteiger partial charge >= 0.3 is 11.9 Å². The lowest BCUT2D eigenvalue weighted by molar-refractivity contribution is -0.143. The van der Waals surface area contributed by atoms with Crippen LogP contribution in [0.3, 0.4) is 0 Å². The Morgan fingerprint density at radius 1 is 0.390 bits per heavy atom. The molecule has 146 heavy (non-hydrogen) atoms. The molecule has 58 heteroatoms. The summed E-state index contributed by atoms with van der Waals surface area (Å²) in [6.45, 7) is 11.0. The summed E-state index contributed by atoms with van der Waals surface area (Å²) in [6.07, 6.45) is -2.54. The van der Waals surface area contributed by atoms with Crippen molar-refractivity contribution < 1.29 is 131 Å². The van der Waals surface area contributed by atoms with E-state index < -0.39 is 315 Å². The van der Waals surface area contributed by atoms with Gasteiger partial charge in [-0.15, -0.1) is 0 Å². The lowest BCUT2D eigenvalue weighted by Gasteiger charge is -2.30. The number of carboxylic acids is 2. The Hall–Kier alpha value is -14.9. The van der Waals surface area contributed by atoms with Crippen LogP contribution in [0.1, 0.15) is 165 Å². The Labute approximate surface area is 848 Å². The number of aliphatic hydroxyl groups is 2. The number of nitrogens with two attached hydrogens (primary N) is 4. The van der Waals surface area contributed by atoms with Crippen LogP contribution in [0.2, 0.25) is 0 Å². The molecule has 1 fully saturated rings. The number of rotatable bonds is 67. The Bertz CT molecular complexity index is 4710. The zero-order chi connectivity index (χ0) is 110. The number of nitrogens with one attached hydrogen (secondary N) is 25. The number of likely N-dealkylation sites (tertiary alicyclic amines) is 1. The third-order valence-electron chi connectivity index (χ3n) is 21.8. The third-order valence-corrected chi connectivity index (χ3v) is 22.2. The Kier molecular flexibility index (Phi) is 57.6. The Balaban J connectivity index is 2.31. The highest BCUT2D eigenvalue weighted by Gasteiger charge is 2.42. The maximum atomic E-state index is 14.5.